The number of aryl methyl sites for hydroxylation is 2. The lowest BCUT2D eigenvalue weighted by Gasteiger charge is -2.35. The third-order valence-corrected chi connectivity index (χ3v) is 5.21. The van der Waals surface area contributed by atoms with Gasteiger partial charge in [-0.2, -0.15) is 0 Å². The number of piperidine rings is 1. The number of hydrogen-bond donors (Lipinski definition) is 0. The number of likely N-dealkylation sites (tertiary alicyclic amines) is 1. The first kappa shape index (κ1) is 17.7. The number of nitrogens with zero attached hydrogens (tertiary/aromatic N) is 4. The number of imidazole rings is 1. The quantitative estimate of drug-likeness (QED) is 0.850. The van der Waals surface area contributed by atoms with Gasteiger partial charge in [-0.25, -0.2) is 4.98 Å². The monoisotopic (exact) mass is 344 g/mol. The van der Waals surface area contributed by atoms with Gasteiger partial charge in [-0.15, -0.1) is 0 Å². The van der Waals surface area contributed by atoms with E-state index >= 15 is 0 Å². The molecule has 0 spiro atoms. The Balaban J connectivity index is 1.77. The summed E-state index contributed by atoms with van der Waals surface area (Å²) in [6.45, 7) is 11.6. The van der Waals surface area contributed by atoms with Crippen LogP contribution in [-0.2, 0) is 4.79 Å². The van der Waals surface area contributed by atoms with E-state index in [1.807, 2.05) is 38.1 Å². The van der Waals surface area contributed by atoms with Crippen molar-refractivity contribution >= 4 is 5.91 Å². The van der Waals surface area contributed by atoms with E-state index in [-0.39, 0.29) is 11.8 Å². The number of hydrogen-bond acceptors (Lipinski definition) is 4. The molecule has 0 bridgehead atoms. The predicted molar refractivity (Wildman–Crippen MR) is 95.6 cm³/mol. The largest absolute Gasteiger partial charge is 0.361 e. The molecule has 3 rings (SSSR count). The van der Waals surface area contributed by atoms with Gasteiger partial charge < -0.3 is 14.0 Å². The topological polar surface area (TPSA) is 64.2 Å². The fraction of sp³-hybridized carbons (Fsp3) is 0.632. The molecular weight excluding hydrogens is 316 g/mol. The van der Waals surface area contributed by atoms with Crippen molar-refractivity contribution in [2.45, 2.75) is 65.3 Å². The third-order valence-electron chi connectivity index (χ3n) is 5.21. The van der Waals surface area contributed by atoms with Crippen LogP contribution in [0.4, 0.5) is 0 Å². The lowest BCUT2D eigenvalue weighted by atomic mass is 9.96. The molecule has 2 aromatic heterocycles. The molecule has 6 heteroatoms. The van der Waals surface area contributed by atoms with E-state index < -0.39 is 0 Å². The highest BCUT2D eigenvalue weighted by atomic mass is 16.5. The summed E-state index contributed by atoms with van der Waals surface area (Å²) in [5.41, 5.74) is 1.74. The molecular formula is C19H28N4O2. The molecule has 136 valence electrons. The maximum Gasteiger partial charge on any atom is 0.230 e. The van der Waals surface area contributed by atoms with Crippen molar-refractivity contribution in [3.05, 3.63) is 35.2 Å². The van der Waals surface area contributed by atoms with Crippen LogP contribution in [0, 0.1) is 13.8 Å². The Labute approximate surface area is 149 Å². The molecule has 2 aromatic rings. The van der Waals surface area contributed by atoms with Gasteiger partial charge in [-0.3, -0.25) is 4.79 Å². The van der Waals surface area contributed by atoms with Gasteiger partial charge in [-0.1, -0.05) is 19.0 Å². The molecule has 1 fully saturated rings. The van der Waals surface area contributed by atoms with Gasteiger partial charge in [0.1, 0.15) is 11.6 Å². The van der Waals surface area contributed by atoms with E-state index in [1.165, 1.54) is 0 Å². The van der Waals surface area contributed by atoms with Crippen LogP contribution < -0.4 is 0 Å². The Morgan fingerprint density at radius 2 is 2.08 bits per heavy atom. The zero-order chi connectivity index (χ0) is 18.1. The van der Waals surface area contributed by atoms with Gasteiger partial charge in [0.2, 0.25) is 5.91 Å². The summed E-state index contributed by atoms with van der Waals surface area (Å²) in [6, 6.07) is 0.300. The summed E-state index contributed by atoms with van der Waals surface area (Å²) < 4.78 is 7.50. The molecule has 1 amide bonds. The maximum absolute atomic E-state index is 13.1. The summed E-state index contributed by atoms with van der Waals surface area (Å²) in [5, 5.41) is 3.99. The molecule has 6 nitrogen and oxygen atoms in total. The number of aromatic nitrogens is 3. The lowest BCUT2D eigenvalue weighted by Crippen LogP contribution is -2.42. The predicted octanol–water partition coefficient (Wildman–Crippen LogP) is 3.58. The van der Waals surface area contributed by atoms with E-state index in [0.29, 0.717) is 12.0 Å². The first-order valence-corrected chi connectivity index (χ1v) is 9.14. The second-order valence-electron chi connectivity index (χ2n) is 7.39. The van der Waals surface area contributed by atoms with Crippen molar-refractivity contribution in [3.63, 3.8) is 0 Å². The van der Waals surface area contributed by atoms with Gasteiger partial charge in [0.05, 0.1) is 17.7 Å². The fourth-order valence-corrected chi connectivity index (χ4v) is 3.97. The van der Waals surface area contributed by atoms with Crippen LogP contribution in [0.2, 0.25) is 0 Å². The number of rotatable bonds is 4. The van der Waals surface area contributed by atoms with Crippen molar-refractivity contribution in [3.8, 4) is 0 Å². The van der Waals surface area contributed by atoms with Crippen LogP contribution in [0.3, 0.4) is 0 Å². The molecule has 2 unspecified atom stereocenters. The average Bonchev–Trinajstić information content (AvgIpc) is 3.21. The Morgan fingerprint density at radius 3 is 2.72 bits per heavy atom. The summed E-state index contributed by atoms with van der Waals surface area (Å²) in [5.74, 6) is 2.15. The standard InChI is InChI=1S/C19H28N4O2/c1-12(2)18-20-8-10-23(18)16-7-6-9-22(11-16)19(24)13(3)17-14(4)21-25-15(17)5/h8,10,12-13,16H,6-7,9,11H2,1-5H3. The van der Waals surface area contributed by atoms with Crippen molar-refractivity contribution in [1.29, 1.82) is 0 Å². The molecule has 0 radical (unpaired) electrons. The zero-order valence-corrected chi connectivity index (χ0v) is 15.8. The maximum atomic E-state index is 13.1. The van der Waals surface area contributed by atoms with Crippen LogP contribution in [0.5, 0.6) is 0 Å². The van der Waals surface area contributed by atoms with Gasteiger partial charge in [0, 0.05) is 37.0 Å². The molecule has 0 aliphatic carbocycles. The molecule has 0 saturated carbocycles. The van der Waals surface area contributed by atoms with Crippen LogP contribution in [0.1, 0.15) is 74.3 Å². The third kappa shape index (κ3) is 3.34. The normalized spacial score (nSPS) is 19.4. The minimum Gasteiger partial charge on any atom is -0.361 e. The van der Waals surface area contributed by atoms with E-state index in [4.69, 9.17) is 4.52 Å². The summed E-state index contributed by atoms with van der Waals surface area (Å²) >= 11 is 0. The van der Waals surface area contributed by atoms with E-state index in [9.17, 15) is 4.79 Å². The molecule has 0 aromatic carbocycles. The average molecular weight is 344 g/mol. The van der Waals surface area contributed by atoms with Crippen molar-refractivity contribution in [1.82, 2.24) is 19.6 Å². The molecule has 1 aliphatic rings. The van der Waals surface area contributed by atoms with Crippen molar-refractivity contribution in [2.75, 3.05) is 13.1 Å². The highest BCUT2D eigenvalue weighted by molar-refractivity contribution is 5.84. The SMILES string of the molecule is Cc1noc(C)c1C(C)C(=O)N1CCCC(n2ccnc2C(C)C)C1. The molecule has 3 heterocycles. The molecule has 0 N–H and O–H groups in total. The second kappa shape index (κ2) is 7.02. The van der Waals surface area contributed by atoms with Crippen molar-refractivity contribution < 1.29 is 9.32 Å². The number of carbonyl (C=O) groups excluding carboxylic acids is 1. The Kier molecular flexibility index (Phi) is 4.97. The van der Waals surface area contributed by atoms with Gasteiger partial charge in [0.15, 0.2) is 0 Å². The summed E-state index contributed by atoms with van der Waals surface area (Å²) in [7, 11) is 0. The first-order valence-electron chi connectivity index (χ1n) is 9.14. The van der Waals surface area contributed by atoms with Crippen LogP contribution in [0.15, 0.2) is 16.9 Å². The first-order chi connectivity index (χ1) is 11.9. The summed E-state index contributed by atoms with van der Waals surface area (Å²) in [6.07, 6.45) is 6.01. The smallest absolute Gasteiger partial charge is 0.230 e. The molecule has 1 aliphatic heterocycles. The van der Waals surface area contributed by atoms with Gasteiger partial charge in [0.25, 0.3) is 0 Å². The van der Waals surface area contributed by atoms with Crippen LogP contribution >= 0.6 is 0 Å². The van der Waals surface area contributed by atoms with Crippen LogP contribution in [-0.4, -0.2) is 38.6 Å². The van der Waals surface area contributed by atoms with Gasteiger partial charge >= 0.3 is 0 Å². The van der Waals surface area contributed by atoms with E-state index in [2.05, 4.69) is 28.6 Å². The van der Waals surface area contributed by atoms with Crippen molar-refractivity contribution in [2.24, 2.45) is 0 Å². The summed E-state index contributed by atoms with van der Waals surface area (Å²) in [4.78, 5) is 19.6. The van der Waals surface area contributed by atoms with Gasteiger partial charge in [-0.05, 0) is 33.6 Å². The molecule has 1 saturated heterocycles. The fourth-order valence-electron chi connectivity index (χ4n) is 3.97. The van der Waals surface area contributed by atoms with Crippen LogP contribution in [0.25, 0.3) is 0 Å². The van der Waals surface area contributed by atoms with E-state index in [0.717, 1.165) is 48.8 Å². The highest BCUT2D eigenvalue weighted by Crippen LogP contribution is 2.30. The molecule has 2 atom stereocenters. The lowest BCUT2D eigenvalue weighted by molar-refractivity contribution is -0.134. The highest BCUT2D eigenvalue weighted by Gasteiger charge is 2.31. The Bertz CT molecular complexity index is 727. The number of amides is 1. The van der Waals surface area contributed by atoms with E-state index in [1.54, 1.807) is 0 Å². The Hall–Kier alpha value is -2.11. The number of carbonyl (C=O) groups is 1. The second-order valence-corrected chi connectivity index (χ2v) is 7.39. The molecule has 25 heavy (non-hydrogen) atoms. The minimum absolute atomic E-state index is 0.158. The Morgan fingerprint density at radius 1 is 1.32 bits per heavy atom. The minimum atomic E-state index is -0.225. The zero-order valence-electron chi connectivity index (χ0n) is 15.8.